The van der Waals surface area contributed by atoms with Crippen molar-refractivity contribution in [1.29, 1.82) is 0 Å². The molecular formula is C32H27N2O7S-. The van der Waals surface area contributed by atoms with Gasteiger partial charge in [-0.05, 0) is 55.3 Å². The first-order valence-electron chi connectivity index (χ1n) is 13.3. The predicted molar refractivity (Wildman–Crippen MR) is 156 cm³/mol. The van der Waals surface area contributed by atoms with Crippen molar-refractivity contribution in [2.24, 2.45) is 4.99 Å². The molecule has 5 rings (SSSR count). The molecular weight excluding hydrogens is 556 g/mol. The summed E-state index contributed by atoms with van der Waals surface area (Å²) >= 11 is 1.19. The van der Waals surface area contributed by atoms with E-state index in [9.17, 15) is 19.5 Å². The van der Waals surface area contributed by atoms with E-state index in [-0.39, 0.29) is 17.7 Å². The van der Waals surface area contributed by atoms with Gasteiger partial charge in [0.25, 0.3) is 5.56 Å². The van der Waals surface area contributed by atoms with E-state index in [0.29, 0.717) is 49.8 Å². The number of aliphatic carboxylic acids is 1. The van der Waals surface area contributed by atoms with Crippen LogP contribution in [0.2, 0.25) is 0 Å². The Morgan fingerprint density at radius 3 is 2.40 bits per heavy atom. The molecule has 0 fully saturated rings. The van der Waals surface area contributed by atoms with Crippen LogP contribution in [0.3, 0.4) is 0 Å². The maximum atomic E-state index is 14.0. The number of carboxylic acid groups (broad SMARTS) is 1. The smallest absolute Gasteiger partial charge is 0.338 e. The summed E-state index contributed by atoms with van der Waals surface area (Å²) in [4.78, 5) is 43.6. The highest BCUT2D eigenvalue weighted by Crippen LogP contribution is 2.35. The number of carbonyl (C=O) groups excluding carboxylic acids is 2. The normalized spacial score (nSPS) is 14.6. The van der Waals surface area contributed by atoms with Gasteiger partial charge in [0.15, 0.2) is 4.80 Å². The van der Waals surface area contributed by atoms with E-state index in [1.807, 2.05) is 49.4 Å². The van der Waals surface area contributed by atoms with Gasteiger partial charge in [-0.1, -0.05) is 65.9 Å². The highest BCUT2D eigenvalue weighted by atomic mass is 32.1. The average Bonchev–Trinajstić information content (AvgIpc) is 3.30. The van der Waals surface area contributed by atoms with E-state index in [0.717, 1.165) is 0 Å². The second kappa shape index (κ2) is 12.7. The number of thiazole rings is 1. The molecule has 0 N–H and O–H groups in total. The highest BCUT2D eigenvalue weighted by molar-refractivity contribution is 7.07. The second-order valence-electron chi connectivity index (χ2n) is 9.17. The second-order valence-corrected chi connectivity index (χ2v) is 10.2. The standard InChI is InChI=1S/C32H28N2O7S/c1-3-39-23-15-13-22(14-16-23)29-27(31(38)40-4-2)28(21-10-6-5-7-11-21)33-32-34(29)30(37)25(42-32)18-20-9-8-12-24(17-20)41-19-26(35)36/h5-18,29H,3-4,19H2,1-2H3,(H,35,36)/p-1/t29-/m0/s1. The fourth-order valence-corrected chi connectivity index (χ4v) is 5.66. The van der Waals surface area contributed by atoms with Crippen LogP contribution in [0.15, 0.2) is 94.2 Å². The molecule has 1 atom stereocenters. The third-order valence-electron chi connectivity index (χ3n) is 6.39. The molecule has 214 valence electrons. The third-order valence-corrected chi connectivity index (χ3v) is 7.38. The number of carbonyl (C=O) groups is 2. The van der Waals surface area contributed by atoms with Gasteiger partial charge in [-0.25, -0.2) is 9.79 Å². The van der Waals surface area contributed by atoms with Crippen molar-refractivity contribution >= 4 is 35.0 Å². The zero-order chi connectivity index (χ0) is 29.6. The predicted octanol–water partition coefficient (Wildman–Crippen LogP) is 2.46. The Balaban J connectivity index is 1.73. The molecule has 9 nitrogen and oxygen atoms in total. The van der Waals surface area contributed by atoms with Gasteiger partial charge in [0.1, 0.15) is 18.1 Å². The minimum Gasteiger partial charge on any atom is -0.546 e. The number of rotatable bonds is 10. The van der Waals surface area contributed by atoms with Crippen LogP contribution in [0.4, 0.5) is 0 Å². The third kappa shape index (κ3) is 6.03. The number of aromatic nitrogens is 1. The monoisotopic (exact) mass is 583 g/mol. The number of hydrogen-bond acceptors (Lipinski definition) is 9. The molecule has 1 aromatic heterocycles. The number of fused-ring (bicyclic) bond motifs is 1. The van der Waals surface area contributed by atoms with Gasteiger partial charge in [0.2, 0.25) is 0 Å². The molecule has 0 aliphatic carbocycles. The van der Waals surface area contributed by atoms with E-state index >= 15 is 0 Å². The van der Waals surface area contributed by atoms with Crippen molar-refractivity contribution in [2.75, 3.05) is 19.8 Å². The summed E-state index contributed by atoms with van der Waals surface area (Å²) in [5.74, 6) is -0.913. The van der Waals surface area contributed by atoms with Crippen molar-refractivity contribution in [3.05, 3.63) is 121 Å². The molecule has 0 saturated heterocycles. The lowest BCUT2D eigenvalue weighted by Gasteiger charge is -2.26. The lowest BCUT2D eigenvalue weighted by atomic mass is 9.93. The SMILES string of the molecule is CCOC(=O)C1=C(c2ccccc2)N=c2sc(=Cc3cccc(OCC(=O)[O-])c3)c(=O)n2[C@H]1c1ccc(OCC)cc1. The molecule has 4 aromatic rings. The van der Waals surface area contributed by atoms with E-state index in [1.54, 1.807) is 49.4 Å². The number of esters is 1. The average molecular weight is 584 g/mol. The fraction of sp³-hybridized carbons (Fsp3) is 0.188. The molecule has 0 radical (unpaired) electrons. The van der Waals surface area contributed by atoms with E-state index in [4.69, 9.17) is 19.2 Å². The largest absolute Gasteiger partial charge is 0.546 e. The van der Waals surface area contributed by atoms with Crippen molar-refractivity contribution in [3.8, 4) is 11.5 Å². The quantitative estimate of drug-likeness (QED) is 0.263. The van der Waals surface area contributed by atoms with Crippen LogP contribution in [0.5, 0.6) is 11.5 Å². The zero-order valence-electron chi connectivity index (χ0n) is 22.9. The Morgan fingerprint density at radius 2 is 1.71 bits per heavy atom. The van der Waals surface area contributed by atoms with Crippen LogP contribution >= 0.6 is 11.3 Å². The molecule has 0 unspecified atom stereocenters. The van der Waals surface area contributed by atoms with E-state index in [1.165, 1.54) is 15.9 Å². The number of hydrogen-bond donors (Lipinski definition) is 0. The summed E-state index contributed by atoms with van der Waals surface area (Å²) in [5, 5.41) is 10.8. The number of ether oxygens (including phenoxy) is 3. The Bertz CT molecular complexity index is 1820. The molecule has 0 bridgehead atoms. The molecule has 1 aliphatic heterocycles. The van der Waals surface area contributed by atoms with Crippen LogP contribution < -0.4 is 29.5 Å². The number of nitrogens with zero attached hydrogens (tertiary/aromatic N) is 2. The molecule has 0 amide bonds. The van der Waals surface area contributed by atoms with Gasteiger partial charge in [-0.15, -0.1) is 0 Å². The molecule has 1 aliphatic rings. The van der Waals surface area contributed by atoms with Gasteiger partial charge >= 0.3 is 5.97 Å². The molecule has 3 aromatic carbocycles. The maximum Gasteiger partial charge on any atom is 0.338 e. The van der Waals surface area contributed by atoms with Crippen molar-refractivity contribution < 1.29 is 28.9 Å². The van der Waals surface area contributed by atoms with Crippen LogP contribution in [-0.2, 0) is 14.3 Å². The lowest BCUT2D eigenvalue weighted by Crippen LogP contribution is -2.40. The van der Waals surface area contributed by atoms with Crippen LogP contribution in [0.25, 0.3) is 11.8 Å². The van der Waals surface area contributed by atoms with Gasteiger partial charge in [-0.2, -0.15) is 0 Å². The molecule has 42 heavy (non-hydrogen) atoms. The van der Waals surface area contributed by atoms with E-state index in [2.05, 4.69) is 0 Å². The van der Waals surface area contributed by atoms with Crippen LogP contribution in [0.1, 0.15) is 36.6 Å². The first-order chi connectivity index (χ1) is 20.4. The van der Waals surface area contributed by atoms with Crippen LogP contribution in [-0.4, -0.2) is 36.3 Å². The summed E-state index contributed by atoms with van der Waals surface area (Å²) in [6.45, 7) is 3.69. The van der Waals surface area contributed by atoms with Gasteiger partial charge in [-0.3, -0.25) is 9.36 Å². The summed E-state index contributed by atoms with van der Waals surface area (Å²) in [7, 11) is 0. The van der Waals surface area contributed by atoms with Crippen LogP contribution in [0, 0.1) is 0 Å². The number of carboxylic acids is 1. The summed E-state index contributed by atoms with van der Waals surface area (Å²) in [5.41, 5.74) is 2.37. The lowest BCUT2D eigenvalue weighted by molar-refractivity contribution is -0.307. The molecule has 10 heteroatoms. The first-order valence-corrected chi connectivity index (χ1v) is 14.1. The Labute approximate surface area is 245 Å². The Hall–Kier alpha value is -4.96. The highest BCUT2D eigenvalue weighted by Gasteiger charge is 2.35. The topological polar surface area (TPSA) is 119 Å². The maximum absolute atomic E-state index is 14.0. The molecule has 0 saturated carbocycles. The van der Waals surface area contributed by atoms with Crippen molar-refractivity contribution in [3.63, 3.8) is 0 Å². The zero-order valence-corrected chi connectivity index (χ0v) is 23.8. The van der Waals surface area contributed by atoms with Gasteiger partial charge in [0, 0.05) is 5.56 Å². The fourth-order valence-electron chi connectivity index (χ4n) is 4.66. The van der Waals surface area contributed by atoms with Gasteiger partial charge < -0.3 is 24.1 Å². The minimum atomic E-state index is -1.34. The van der Waals surface area contributed by atoms with E-state index < -0.39 is 24.6 Å². The molecule has 2 heterocycles. The number of benzene rings is 3. The molecule has 0 spiro atoms. The van der Waals surface area contributed by atoms with Crippen molar-refractivity contribution in [2.45, 2.75) is 19.9 Å². The Kier molecular flexibility index (Phi) is 8.63. The summed E-state index contributed by atoms with van der Waals surface area (Å²) in [6, 6.07) is 22.5. The van der Waals surface area contributed by atoms with Crippen molar-refractivity contribution in [1.82, 2.24) is 4.57 Å². The van der Waals surface area contributed by atoms with Gasteiger partial charge in [0.05, 0.1) is 41.0 Å². The summed E-state index contributed by atoms with van der Waals surface area (Å²) in [6.07, 6.45) is 1.68. The minimum absolute atomic E-state index is 0.154. The summed E-state index contributed by atoms with van der Waals surface area (Å²) < 4.78 is 18.2. The Morgan fingerprint density at radius 1 is 0.952 bits per heavy atom. The first kappa shape index (κ1) is 28.6.